The van der Waals surface area contributed by atoms with E-state index in [1.807, 2.05) is 0 Å². The van der Waals surface area contributed by atoms with E-state index in [0.29, 0.717) is 30.3 Å². The molecule has 180 valence electrons. The molecule has 0 heterocycles. The maximum absolute atomic E-state index is 13.2. The average molecular weight is 461 g/mol. The smallest absolute Gasteiger partial charge is 0.303 e. The zero-order valence-corrected chi connectivity index (χ0v) is 22.5. The Morgan fingerprint density at radius 1 is 1.09 bits per heavy atom. The van der Waals surface area contributed by atoms with Crippen molar-refractivity contribution < 1.29 is 18.8 Å². The lowest BCUT2D eigenvalue weighted by Crippen LogP contribution is -2.52. The van der Waals surface area contributed by atoms with Crippen LogP contribution in [-0.2, 0) is 18.8 Å². The number of esters is 1. The highest BCUT2D eigenvalue weighted by molar-refractivity contribution is 6.74. The minimum Gasteiger partial charge on any atom is -0.455 e. The highest BCUT2D eigenvalue weighted by Gasteiger charge is 2.62. The minimum atomic E-state index is -1.77. The summed E-state index contributed by atoms with van der Waals surface area (Å²) in [6.45, 7) is 17.7. The summed E-state index contributed by atoms with van der Waals surface area (Å²) < 4.78 is 12.3. The molecular weight excluding hydrogens is 416 g/mol. The molecular formula is C27H44O4Si. The molecule has 0 bridgehead atoms. The molecule has 0 amide bonds. The molecule has 4 aliphatic rings. The number of ether oxygens (including phenoxy) is 1. The zero-order valence-electron chi connectivity index (χ0n) is 21.5. The van der Waals surface area contributed by atoms with Crippen LogP contribution in [0.15, 0.2) is 11.6 Å². The first-order chi connectivity index (χ1) is 14.7. The van der Waals surface area contributed by atoms with Crippen LogP contribution in [0, 0.1) is 28.6 Å². The quantitative estimate of drug-likeness (QED) is 0.276. The number of Topliss-reactive ketones (excluding diaryl/α,β-unsaturated/α-hetero) is 1. The number of hydrogen-bond donors (Lipinski definition) is 0. The number of carbonyl (C=O) groups excluding carboxylic acids is 2. The summed E-state index contributed by atoms with van der Waals surface area (Å²) in [6.07, 6.45) is 9.54. The van der Waals surface area contributed by atoms with Gasteiger partial charge in [-0.2, -0.15) is 0 Å². The molecule has 0 aromatic carbocycles. The lowest BCUT2D eigenvalue weighted by Gasteiger charge is -2.57. The van der Waals surface area contributed by atoms with Crippen LogP contribution in [0.25, 0.3) is 0 Å². The standard InChI is InChI=1S/C27H44O4Si/c1-17(28)30-23-16-22-20-10-9-18-15-19(31-32(7,8)25(2,3)4)11-13-26(18,5)21(20)12-14-27(22,6)24(23)29/h9,19-23H,10-16H2,1-8H3/t19-,20?,21?,22?,23-,26+,27+/m1/s1. The molecule has 0 aliphatic heterocycles. The van der Waals surface area contributed by atoms with Gasteiger partial charge in [0, 0.05) is 18.4 Å². The van der Waals surface area contributed by atoms with Crippen LogP contribution in [0.3, 0.4) is 0 Å². The van der Waals surface area contributed by atoms with Gasteiger partial charge in [-0.15, -0.1) is 0 Å². The Morgan fingerprint density at radius 2 is 1.75 bits per heavy atom. The Kier molecular flexibility index (Phi) is 5.89. The monoisotopic (exact) mass is 460 g/mol. The van der Waals surface area contributed by atoms with E-state index in [-0.39, 0.29) is 27.6 Å². The molecule has 5 heteroatoms. The Bertz CT molecular complexity index is 824. The molecule has 0 radical (unpaired) electrons. The van der Waals surface area contributed by atoms with Crippen LogP contribution in [-0.4, -0.2) is 32.3 Å². The third kappa shape index (κ3) is 3.75. The fourth-order valence-electron chi connectivity index (χ4n) is 7.39. The van der Waals surface area contributed by atoms with E-state index in [0.717, 1.165) is 32.1 Å². The molecule has 0 saturated heterocycles. The van der Waals surface area contributed by atoms with Crippen molar-refractivity contribution in [2.24, 2.45) is 28.6 Å². The first kappa shape index (κ1) is 24.2. The molecule has 3 saturated carbocycles. The fourth-order valence-corrected chi connectivity index (χ4v) is 8.78. The Labute approximate surface area is 196 Å². The van der Waals surface area contributed by atoms with Crippen LogP contribution >= 0.6 is 0 Å². The van der Waals surface area contributed by atoms with Crippen molar-refractivity contribution in [1.82, 2.24) is 0 Å². The molecule has 0 spiro atoms. The molecule has 4 nitrogen and oxygen atoms in total. The molecule has 0 aromatic rings. The van der Waals surface area contributed by atoms with Gasteiger partial charge in [0.05, 0.1) is 0 Å². The van der Waals surface area contributed by atoms with Crippen LogP contribution in [0.1, 0.15) is 86.5 Å². The van der Waals surface area contributed by atoms with Crippen molar-refractivity contribution in [3.05, 3.63) is 11.6 Å². The average Bonchev–Trinajstić information content (AvgIpc) is 2.91. The zero-order chi connectivity index (χ0) is 23.7. The summed E-state index contributed by atoms with van der Waals surface area (Å²) in [4.78, 5) is 24.8. The second kappa shape index (κ2) is 7.80. The number of rotatable bonds is 3. The normalized spacial score (nSPS) is 41.9. The fraction of sp³-hybridized carbons (Fsp3) is 0.852. The van der Waals surface area contributed by atoms with Crippen molar-refractivity contribution in [1.29, 1.82) is 0 Å². The van der Waals surface area contributed by atoms with Gasteiger partial charge < -0.3 is 9.16 Å². The number of ketones is 1. The highest BCUT2D eigenvalue weighted by Crippen LogP contribution is 2.64. The SMILES string of the molecule is CC(=O)O[C@@H]1CC2C3CC=C4C[C@H](O[Si](C)(C)C(C)(C)C)CC[C@]4(C)C3CC[C@]2(C)C1=O. The predicted molar refractivity (Wildman–Crippen MR) is 130 cm³/mol. The van der Waals surface area contributed by atoms with Gasteiger partial charge in [-0.1, -0.05) is 46.3 Å². The number of hydrogen-bond acceptors (Lipinski definition) is 4. The van der Waals surface area contributed by atoms with E-state index in [9.17, 15) is 9.59 Å². The van der Waals surface area contributed by atoms with E-state index in [1.165, 1.54) is 13.3 Å². The summed E-state index contributed by atoms with van der Waals surface area (Å²) in [7, 11) is -1.77. The van der Waals surface area contributed by atoms with Gasteiger partial charge in [-0.3, -0.25) is 9.59 Å². The van der Waals surface area contributed by atoms with Crippen molar-refractivity contribution in [2.75, 3.05) is 0 Å². The van der Waals surface area contributed by atoms with E-state index in [4.69, 9.17) is 9.16 Å². The second-order valence-corrected chi connectivity index (χ2v) is 17.9. The summed E-state index contributed by atoms with van der Waals surface area (Å²) in [5.41, 5.74) is 1.50. The molecule has 0 N–H and O–H groups in total. The topological polar surface area (TPSA) is 52.6 Å². The second-order valence-electron chi connectivity index (χ2n) is 13.2. The van der Waals surface area contributed by atoms with Crippen LogP contribution < -0.4 is 0 Å². The minimum absolute atomic E-state index is 0.169. The molecule has 32 heavy (non-hydrogen) atoms. The molecule has 0 aromatic heterocycles. The predicted octanol–water partition coefficient (Wildman–Crippen LogP) is 6.45. The lowest BCUT2D eigenvalue weighted by molar-refractivity contribution is -0.153. The van der Waals surface area contributed by atoms with Gasteiger partial charge in [-0.05, 0) is 86.2 Å². The first-order valence-electron chi connectivity index (χ1n) is 12.8. The van der Waals surface area contributed by atoms with E-state index >= 15 is 0 Å². The largest absolute Gasteiger partial charge is 0.455 e. The van der Waals surface area contributed by atoms with Gasteiger partial charge in [0.1, 0.15) is 0 Å². The van der Waals surface area contributed by atoms with Gasteiger partial charge in [0.15, 0.2) is 20.2 Å². The van der Waals surface area contributed by atoms with Crippen LogP contribution in [0.2, 0.25) is 18.1 Å². The molecule has 7 atom stereocenters. The van der Waals surface area contributed by atoms with Gasteiger partial charge in [0.25, 0.3) is 0 Å². The molecule has 3 fully saturated rings. The van der Waals surface area contributed by atoms with Crippen molar-refractivity contribution in [3.63, 3.8) is 0 Å². The maximum atomic E-state index is 13.2. The van der Waals surface area contributed by atoms with Gasteiger partial charge in [0.2, 0.25) is 0 Å². The third-order valence-corrected chi connectivity index (χ3v) is 14.9. The third-order valence-electron chi connectivity index (χ3n) is 10.3. The molecule has 3 unspecified atom stereocenters. The molecule has 4 aliphatic carbocycles. The Hall–Kier alpha value is -0.943. The molecule has 4 rings (SSSR count). The number of carbonyl (C=O) groups is 2. The van der Waals surface area contributed by atoms with Crippen LogP contribution in [0.4, 0.5) is 0 Å². The van der Waals surface area contributed by atoms with Crippen molar-refractivity contribution in [2.45, 2.75) is 117 Å². The highest BCUT2D eigenvalue weighted by atomic mass is 28.4. The maximum Gasteiger partial charge on any atom is 0.303 e. The van der Waals surface area contributed by atoms with Crippen molar-refractivity contribution in [3.8, 4) is 0 Å². The summed E-state index contributed by atoms with van der Waals surface area (Å²) in [5.74, 6) is 1.31. The van der Waals surface area contributed by atoms with Gasteiger partial charge >= 0.3 is 5.97 Å². The van der Waals surface area contributed by atoms with E-state index < -0.39 is 14.4 Å². The summed E-state index contributed by atoms with van der Waals surface area (Å²) >= 11 is 0. The summed E-state index contributed by atoms with van der Waals surface area (Å²) in [5, 5.41) is 0.237. The lowest BCUT2D eigenvalue weighted by atomic mass is 9.48. The van der Waals surface area contributed by atoms with Gasteiger partial charge in [-0.25, -0.2) is 0 Å². The summed E-state index contributed by atoms with van der Waals surface area (Å²) in [6, 6.07) is 0. The Balaban J connectivity index is 1.54. The van der Waals surface area contributed by atoms with Crippen LogP contribution in [0.5, 0.6) is 0 Å². The number of allylic oxidation sites excluding steroid dienone is 1. The number of fused-ring (bicyclic) bond motifs is 5. The van der Waals surface area contributed by atoms with E-state index in [1.54, 1.807) is 5.57 Å². The van der Waals surface area contributed by atoms with E-state index in [2.05, 4.69) is 53.8 Å². The van der Waals surface area contributed by atoms with Crippen molar-refractivity contribution >= 4 is 20.1 Å². The Morgan fingerprint density at radius 3 is 2.38 bits per heavy atom. The first-order valence-corrected chi connectivity index (χ1v) is 15.7.